The van der Waals surface area contributed by atoms with Gasteiger partial charge in [-0.2, -0.15) is 18.4 Å². The van der Waals surface area contributed by atoms with Crippen LogP contribution < -0.4 is 0 Å². The molecule has 0 spiro atoms. The number of rotatable bonds is 5. The van der Waals surface area contributed by atoms with Crippen LogP contribution in [-0.2, 0) is 17.4 Å². The van der Waals surface area contributed by atoms with E-state index in [-0.39, 0.29) is 18.9 Å². The zero-order valence-electron chi connectivity index (χ0n) is 11.1. The second kappa shape index (κ2) is 6.94. The summed E-state index contributed by atoms with van der Waals surface area (Å²) >= 11 is 0. The Labute approximate surface area is 115 Å². The maximum absolute atomic E-state index is 12.4. The average molecular weight is 284 g/mol. The smallest absolute Gasteiger partial charge is 0.329 e. The van der Waals surface area contributed by atoms with E-state index in [2.05, 4.69) is 0 Å². The Kier molecular flexibility index (Phi) is 5.56. The van der Waals surface area contributed by atoms with Gasteiger partial charge in [-0.25, -0.2) is 0 Å². The second-order valence-electron chi connectivity index (χ2n) is 4.34. The van der Waals surface area contributed by atoms with E-state index in [1.165, 1.54) is 17.0 Å². The summed E-state index contributed by atoms with van der Waals surface area (Å²) in [7, 11) is 0. The molecule has 0 saturated carbocycles. The summed E-state index contributed by atoms with van der Waals surface area (Å²) in [4.78, 5) is 13.3. The van der Waals surface area contributed by atoms with Crippen LogP contribution in [0.2, 0.25) is 0 Å². The molecule has 0 aliphatic carbocycles. The molecular weight excluding hydrogens is 269 g/mol. The Balaban J connectivity index is 2.73. The summed E-state index contributed by atoms with van der Waals surface area (Å²) in [5.74, 6) is -0.256. The van der Waals surface area contributed by atoms with Gasteiger partial charge in [0, 0.05) is 6.54 Å². The van der Waals surface area contributed by atoms with Crippen molar-refractivity contribution in [3.05, 3.63) is 35.4 Å². The lowest BCUT2D eigenvalue weighted by molar-refractivity contribution is -0.137. The number of alkyl halides is 3. The summed E-state index contributed by atoms with van der Waals surface area (Å²) in [5.41, 5.74) is -0.238. The Morgan fingerprint density at radius 3 is 2.35 bits per heavy atom. The number of benzene rings is 1. The number of carbonyl (C=O) groups excluding carboxylic acids is 1. The molecule has 0 heterocycles. The molecule has 20 heavy (non-hydrogen) atoms. The Morgan fingerprint density at radius 1 is 1.30 bits per heavy atom. The zero-order valence-corrected chi connectivity index (χ0v) is 11.1. The highest BCUT2D eigenvalue weighted by Gasteiger charge is 2.30. The lowest BCUT2D eigenvalue weighted by atomic mass is 10.1. The molecule has 0 N–H and O–H groups in total. The SMILES string of the molecule is CCCN(CC#N)C(=O)Cc1ccc(C(F)(F)F)cc1. The molecule has 0 fully saturated rings. The molecule has 0 aliphatic rings. The van der Waals surface area contributed by atoms with Gasteiger partial charge >= 0.3 is 6.18 Å². The molecule has 108 valence electrons. The molecule has 0 unspecified atom stereocenters. The van der Waals surface area contributed by atoms with Crippen molar-refractivity contribution in [1.82, 2.24) is 4.90 Å². The molecule has 1 aromatic carbocycles. The predicted octanol–water partition coefficient (Wildman–Crippen LogP) is 3.01. The van der Waals surface area contributed by atoms with Crippen LogP contribution in [0.15, 0.2) is 24.3 Å². The van der Waals surface area contributed by atoms with Crippen molar-refractivity contribution < 1.29 is 18.0 Å². The van der Waals surface area contributed by atoms with Gasteiger partial charge < -0.3 is 4.90 Å². The number of carbonyl (C=O) groups is 1. The number of nitrogens with zero attached hydrogens (tertiary/aromatic N) is 2. The minimum Gasteiger partial charge on any atom is -0.329 e. The van der Waals surface area contributed by atoms with Crippen LogP contribution in [0.3, 0.4) is 0 Å². The highest BCUT2D eigenvalue weighted by molar-refractivity contribution is 5.79. The fourth-order valence-electron chi connectivity index (χ4n) is 1.75. The summed E-state index contributed by atoms with van der Waals surface area (Å²) in [6.45, 7) is 2.34. The lowest BCUT2D eigenvalue weighted by Crippen LogP contribution is -2.33. The van der Waals surface area contributed by atoms with E-state index >= 15 is 0 Å². The molecule has 0 saturated heterocycles. The summed E-state index contributed by atoms with van der Waals surface area (Å²) < 4.78 is 37.2. The number of hydrogen-bond acceptors (Lipinski definition) is 2. The molecule has 1 amide bonds. The molecule has 3 nitrogen and oxygen atoms in total. The van der Waals surface area contributed by atoms with Crippen molar-refractivity contribution in [3.63, 3.8) is 0 Å². The number of hydrogen-bond donors (Lipinski definition) is 0. The first-order chi connectivity index (χ1) is 9.38. The van der Waals surface area contributed by atoms with Crippen LogP contribution in [0, 0.1) is 11.3 Å². The van der Waals surface area contributed by atoms with Gasteiger partial charge in [-0.05, 0) is 24.1 Å². The molecule has 1 rings (SSSR count). The standard InChI is InChI=1S/C14H15F3N2O/c1-2-8-19(9-7-18)13(20)10-11-3-5-12(6-4-11)14(15,16)17/h3-6H,2,8-10H2,1H3. The molecule has 1 aromatic rings. The van der Waals surface area contributed by atoms with Crippen molar-refractivity contribution in [2.75, 3.05) is 13.1 Å². The molecule has 0 atom stereocenters. The van der Waals surface area contributed by atoms with Crippen molar-refractivity contribution in [2.24, 2.45) is 0 Å². The van der Waals surface area contributed by atoms with Gasteiger partial charge in [0.25, 0.3) is 0 Å². The normalized spacial score (nSPS) is 10.9. The van der Waals surface area contributed by atoms with E-state index in [0.29, 0.717) is 12.1 Å². The van der Waals surface area contributed by atoms with Gasteiger partial charge in [-0.15, -0.1) is 0 Å². The minimum atomic E-state index is -4.38. The molecule has 0 radical (unpaired) electrons. The Morgan fingerprint density at radius 2 is 1.90 bits per heavy atom. The third-order valence-electron chi connectivity index (χ3n) is 2.74. The Hall–Kier alpha value is -2.03. The quantitative estimate of drug-likeness (QED) is 0.780. The predicted molar refractivity (Wildman–Crippen MR) is 67.6 cm³/mol. The van der Waals surface area contributed by atoms with Gasteiger partial charge in [-0.1, -0.05) is 19.1 Å². The molecule has 0 aliphatic heterocycles. The first-order valence-corrected chi connectivity index (χ1v) is 6.19. The van der Waals surface area contributed by atoms with Crippen molar-refractivity contribution >= 4 is 5.91 Å². The van der Waals surface area contributed by atoms with Crippen LogP contribution in [0.5, 0.6) is 0 Å². The lowest BCUT2D eigenvalue weighted by Gasteiger charge is -2.18. The van der Waals surface area contributed by atoms with Gasteiger partial charge in [0.1, 0.15) is 6.54 Å². The van der Waals surface area contributed by atoms with Crippen LogP contribution in [-0.4, -0.2) is 23.9 Å². The second-order valence-corrected chi connectivity index (χ2v) is 4.34. The fourth-order valence-corrected chi connectivity index (χ4v) is 1.75. The van der Waals surface area contributed by atoms with E-state index in [0.717, 1.165) is 18.6 Å². The van der Waals surface area contributed by atoms with Crippen LogP contribution in [0.25, 0.3) is 0 Å². The zero-order chi connectivity index (χ0) is 15.2. The van der Waals surface area contributed by atoms with Crippen LogP contribution in [0.4, 0.5) is 13.2 Å². The van der Waals surface area contributed by atoms with Crippen LogP contribution >= 0.6 is 0 Å². The van der Waals surface area contributed by atoms with E-state index in [4.69, 9.17) is 5.26 Å². The molecule has 0 aromatic heterocycles. The maximum atomic E-state index is 12.4. The van der Waals surface area contributed by atoms with E-state index in [9.17, 15) is 18.0 Å². The van der Waals surface area contributed by atoms with Crippen molar-refractivity contribution in [3.8, 4) is 6.07 Å². The first kappa shape index (κ1) is 16.0. The van der Waals surface area contributed by atoms with Gasteiger partial charge in [0.15, 0.2) is 0 Å². The third kappa shape index (κ3) is 4.57. The summed E-state index contributed by atoms with van der Waals surface area (Å²) in [6, 6.07) is 6.39. The number of halogens is 3. The monoisotopic (exact) mass is 284 g/mol. The number of amides is 1. The summed E-state index contributed by atoms with van der Waals surface area (Å²) in [5, 5.41) is 8.64. The van der Waals surface area contributed by atoms with E-state index in [1.54, 1.807) is 0 Å². The highest BCUT2D eigenvalue weighted by atomic mass is 19.4. The van der Waals surface area contributed by atoms with Gasteiger partial charge in [0.2, 0.25) is 5.91 Å². The number of nitriles is 1. The topological polar surface area (TPSA) is 44.1 Å². The minimum absolute atomic E-state index is 0.000181. The van der Waals surface area contributed by atoms with Gasteiger partial charge in [-0.3, -0.25) is 4.79 Å². The summed E-state index contributed by atoms with van der Waals surface area (Å²) in [6.07, 6.45) is -3.65. The van der Waals surface area contributed by atoms with Gasteiger partial charge in [0.05, 0.1) is 18.1 Å². The fraction of sp³-hybridized carbons (Fsp3) is 0.429. The molecule has 6 heteroatoms. The Bertz CT molecular complexity index is 489. The third-order valence-corrected chi connectivity index (χ3v) is 2.74. The molecule has 0 bridgehead atoms. The van der Waals surface area contributed by atoms with Crippen molar-refractivity contribution in [2.45, 2.75) is 25.9 Å². The first-order valence-electron chi connectivity index (χ1n) is 6.19. The van der Waals surface area contributed by atoms with Crippen molar-refractivity contribution in [1.29, 1.82) is 5.26 Å². The maximum Gasteiger partial charge on any atom is 0.416 e. The largest absolute Gasteiger partial charge is 0.416 e. The molecular formula is C14H15F3N2O. The van der Waals surface area contributed by atoms with E-state index in [1.807, 2.05) is 13.0 Å². The highest BCUT2D eigenvalue weighted by Crippen LogP contribution is 2.29. The van der Waals surface area contributed by atoms with E-state index < -0.39 is 11.7 Å². The van der Waals surface area contributed by atoms with Crippen LogP contribution in [0.1, 0.15) is 24.5 Å². The average Bonchev–Trinajstić information content (AvgIpc) is 2.38.